The molecule has 5 nitrogen and oxygen atoms in total. The molecule has 1 saturated heterocycles. The molecule has 1 fully saturated rings. The molecule has 2 N–H and O–H groups in total. The van der Waals surface area contributed by atoms with E-state index in [0.29, 0.717) is 0 Å². The Kier molecular flexibility index (Phi) is 7.18. The summed E-state index contributed by atoms with van der Waals surface area (Å²) >= 11 is 1.75. The smallest absolute Gasteiger partial charge is 0.191 e. The average Bonchev–Trinajstić information content (AvgIpc) is 2.77. The topological polar surface area (TPSA) is 58.5 Å². The lowest BCUT2D eigenvalue weighted by molar-refractivity contribution is -0.0971. The van der Waals surface area contributed by atoms with E-state index in [2.05, 4.69) is 34.5 Å². The fourth-order valence-corrected chi connectivity index (χ4v) is 2.66. The second-order valence-corrected chi connectivity index (χ2v) is 6.59. The van der Waals surface area contributed by atoms with Crippen molar-refractivity contribution < 1.29 is 4.74 Å². The number of thiazole rings is 1. The molecule has 0 atom stereocenters. The van der Waals surface area contributed by atoms with Gasteiger partial charge >= 0.3 is 0 Å². The highest BCUT2D eigenvalue weighted by atomic mass is 127. The maximum Gasteiger partial charge on any atom is 0.191 e. The van der Waals surface area contributed by atoms with Crippen LogP contribution in [0, 0.1) is 12.3 Å². The number of guanidine groups is 1. The van der Waals surface area contributed by atoms with Crippen molar-refractivity contribution in [3.8, 4) is 0 Å². The molecule has 1 aliphatic rings. The minimum Gasteiger partial charge on any atom is -0.380 e. The lowest BCUT2D eigenvalue weighted by atomic mass is 9.89. The standard InChI is InChI=1S/C13H22N4OS.HI/c1-10-6-16-11(19-10)4-5-15-12(14-3)17-7-13(2)8-18-9-13;/h6H,4-5,7-9H2,1-3H3,(H2,14,15,17);1H. The van der Waals surface area contributed by atoms with Gasteiger partial charge in [0.15, 0.2) is 5.96 Å². The molecule has 0 spiro atoms. The predicted molar refractivity (Wildman–Crippen MR) is 94.3 cm³/mol. The van der Waals surface area contributed by atoms with Crippen molar-refractivity contribution in [2.75, 3.05) is 33.4 Å². The third kappa shape index (κ3) is 5.17. The molecule has 0 aliphatic carbocycles. The van der Waals surface area contributed by atoms with E-state index in [0.717, 1.165) is 38.7 Å². The van der Waals surface area contributed by atoms with Crippen LogP contribution in [0.5, 0.6) is 0 Å². The van der Waals surface area contributed by atoms with Gasteiger partial charge in [-0.2, -0.15) is 0 Å². The first-order chi connectivity index (χ1) is 9.11. The van der Waals surface area contributed by atoms with Crippen molar-refractivity contribution in [2.24, 2.45) is 10.4 Å². The number of nitrogens with zero attached hydrogens (tertiary/aromatic N) is 2. The molecule has 1 aromatic rings. The number of aromatic nitrogens is 1. The van der Waals surface area contributed by atoms with Gasteiger partial charge in [0.05, 0.1) is 18.2 Å². The Labute approximate surface area is 141 Å². The summed E-state index contributed by atoms with van der Waals surface area (Å²) in [6, 6.07) is 0. The number of nitrogens with one attached hydrogen (secondary N) is 2. The van der Waals surface area contributed by atoms with E-state index in [9.17, 15) is 0 Å². The van der Waals surface area contributed by atoms with Gasteiger partial charge in [0.2, 0.25) is 0 Å². The fraction of sp³-hybridized carbons (Fsp3) is 0.692. The van der Waals surface area contributed by atoms with Gasteiger partial charge in [-0.3, -0.25) is 4.99 Å². The zero-order valence-corrected chi connectivity index (χ0v) is 15.4. The van der Waals surface area contributed by atoms with Gasteiger partial charge in [0, 0.05) is 43.0 Å². The van der Waals surface area contributed by atoms with E-state index in [1.807, 2.05) is 6.20 Å². The Morgan fingerprint density at radius 3 is 2.75 bits per heavy atom. The van der Waals surface area contributed by atoms with Gasteiger partial charge in [0.25, 0.3) is 0 Å². The quantitative estimate of drug-likeness (QED) is 0.442. The van der Waals surface area contributed by atoms with Crippen molar-refractivity contribution in [1.29, 1.82) is 0 Å². The van der Waals surface area contributed by atoms with Crippen LogP contribution in [0.4, 0.5) is 0 Å². The van der Waals surface area contributed by atoms with Crippen LogP contribution in [0.15, 0.2) is 11.2 Å². The van der Waals surface area contributed by atoms with Crippen molar-refractivity contribution in [2.45, 2.75) is 20.3 Å². The molecule has 2 heterocycles. The molecule has 0 bridgehead atoms. The van der Waals surface area contributed by atoms with E-state index in [1.165, 1.54) is 9.88 Å². The summed E-state index contributed by atoms with van der Waals surface area (Å²) < 4.78 is 5.24. The maximum atomic E-state index is 5.24. The molecular formula is C13H23IN4OS. The van der Waals surface area contributed by atoms with Crippen molar-refractivity contribution in [3.63, 3.8) is 0 Å². The number of rotatable bonds is 5. The Balaban J connectivity index is 0.00000200. The summed E-state index contributed by atoms with van der Waals surface area (Å²) in [6.07, 6.45) is 2.85. The lowest BCUT2D eigenvalue weighted by Gasteiger charge is -2.38. The Morgan fingerprint density at radius 1 is 1.50 bits per heavy atom. The van der Waals surface area contributed by atoms with Crippen LogP contribution < -0.4 is 10.6 Å². The third-order valence-corrected chi connectivity index (χ3v) is 4.08. The van der Waals surface area contributed by atoms with Crippen LogP contribution >= 0.6 is 35.3 Å². The molecule has 0 amide bonds. The van der Waals surface area contributed by atoms with Crippen LogP contribution in [0.25, 0.3) is 0 Å². The second kappa shape index (κ2) is 8.14. The third-order valence-electron chi connectivity index (χ3n) is 3.11. The SMILES string of the molecule is CN=C(NCCc1ncc(C)s1)NCC1(C)COC1.I. The molecule has 114 valence electrons. The summed E-state index contributed by atoms with van der Waals surface area (Å²) in [5, 5.41) is 7.82. The minimum atomic E-state index is 0. The zero-order valence-electron chi connectivity index (χ0n) is 12.2. The summed E-state index contributed by atoms with van der Waals surface area (Å²) in [5.74, 6) is 0.849. The second-order valence-electron chi connectivity index (χ2n) is 5.27. The Morgan fingerprint density at radius 2 is 2.25 bits per heavy atom. The number of hydrogen-bond donors (Lipinski definition) is 2. The summed E-state index contributed by atoms with van der Waals surface area (Å²) in [5.41, 5.74) is 0.254. The molecule has 1 aliphatic heterocycles. The monoisotopic (exact) mass is 410 g/mol. The summed E-state index contributed by atoms with van der Waals surface area (Å²) in [7, 11) is 1.79. The molecule has 20 heavy (non-hydrogen) atoms. The van der Waals surface area contributed by atoms with E-state index in [-0.39, 0.29) is 29.4 Å². The van der Waals surface area contributed by atoms with Gasteiger partial charge in [-0.15, -0.1) is 35.3 Å². The highest BCUT2D eigenvalue weighted by molar-refractivity contribution is 14.0. The normalized spacial score (nSPS) is 17.1. The van der Waals surface area contributed by atoms with Crippen LogP contribution in [0.2, 0.25) is 0 Å². The van der Waals surface area contributed by atoms with Gasteiger partial charge in [-0.05, 0) is 6.92 Å². The van der Waals surface area contributed by atoms with Gasteiger partial charge in [-0.25, -0.2) is 4.98 Å². The number of hydrogen-bond acceptors (Lipinski definition) is 4. The summed E-state index contributed by atoms with van der Waals surface area (Å²) in [4.78, 5) is 9.83. The molecule has 1 aromatic heterocycles. The van der Waals surface area contributed by atoms with Crippen LogP contribution in [0.3, 0.4) is 0 Å². The number of aryl methyl sites for hydroxylation is 1. The minimum absolute atomic E-state index is 0. The van der Waals surface area contributed by atoms with Crippen LogP contribution in [0.1, 0.15) is 16.8 Å². The highest BCUT2D eigenvalue weighted by Gasteiger charge is 2.33. The van der Waals surface area contributed by atoms with E-state index in [4.69, 9.17) is 4.74 Å². The predicted octanol–water partition coefficient (Wildman–Crippen LogP) is 1.81. The van der Waals surface area contributed by atoms with E-state index in [1.54, 1.807) is 18.4 Å². The molecular weight excluding hydrogens is 387 g/mol. The average molecular weight is 410 g/mol. The molecule has 0 aromatic carbocycles. The highest BCUT2D eigenvalue weighted by Crippen LogP contribution is 2.24. The maximum absolute atomic E-state index is 5.24. The van der Waals surface area contributed by atoms with E-state index >= 15 is 0 Å². The first kappa shape index (κ1) is 17.6. The largest absolute Gasteiger partial charge is 0.380 e. The Hall–Kier alpha value is -0.410. The number of aliphatic imine (C=N–C) groups is 1. The zero-order chi connectivity index (χ0) is 13.7. The first-order valence-electron chi connectivity index (χ1n) is 6.55. The van der Waals surface area contributed by atoms with Crippen molar-refractivity contribution in [3.05, 3.63) is 16.1 Å². The van der Waals surface area contributed by atoms with E-state index < -0.39 is 0 Å². The fourth-order valence-electron chi connectivity index (χ4n) is 1.88. The van der Waals surface area contributed by atoms with Crippen molar-refractivity contribution in [1.82, 2.24) is 15.6 Å². The molecule has 0 radical (unpaired) electrons. The number of halogens is 1. The van der Waals surface area contributed by atoms with Crippen molar-refractivity contribution >= 4 is 41.3 Å². The number of ether oxygens (including phenoxy) is 1. The van der Waals surface area contributed by atoms with Crippen LogP contribution in [-0.2, 0) is 11.2 Å². The van der Waals surface area contributed by atoms with Gasteiger partial charge in [0.1, 0.15) is 0 Å². The molecule has 0 saturated carbocycles. The molecule has 2 rings (SSSR count). The molecule has 7 heteroatoms. The van der Waals surface area contributed by atoms with Gasteiger partial charge < -0.3 is 15.4 Å². The van der Waals surface area contributed by atoms with Crippen LogP contribution in [-0.4, -0.2) is 44.3 Å². The summed E-state index contributed by atoms with van der Waals surface area (Å²) in [6.45, 7) is 7.69. The Bertz CT molecular complexity index is 445. The van der Waals surface area contributed by atoms with Gasteiger partial charge in [-0.1, -0.05) is 6.92 Å². The molecule has 0 unspecified atom stereocenters. The lowest BCUT2D eigenvalue weighted by Crippen LogP contribution is -2.51. The first-order valence-corrected chi connectivity index (χ1v) is 7.36.